The van der Waals surface area contributed by atoms with Gasteiger partial charge in [0.1, 0.15) is 5.56 Å². The molecule has 0 unspecified atom stereocenters. The van der Waals surface area contributed by atoms with E-state index in [1.807, 2.05) is 0 Å². The van der Waals surface area contributed by atoms with E-state index in [0.29, 0.717) is 12.1 Å². The van der Waals surface area contributed by atoms with Crippen molar-refractivity contribution in [2.24, 2.45) is 0 Å². The number of carbonyl (C=O) groups is 1. The van der Waals surface area contributed by atoms with Crippen LogP contribution in [0.1, 0.15) is 42.2 Å². The van der Waals surface area contributed by atoms with Crippen molar-refractivity contribution in [2.45, 2.75) is 32.6 Å². The Balaban J connectivity index is 2.91. The minimum Gasteiger partial charge on any atom is -0.477 e. The van der Waals surface area contributed by atoms with E-state index in [9.17, 15) is 9.59 Å². The summed E-state index contributed by atoms with van der Waals surface area (Å²) in [6.07, 6.45) is 5.12. The maximum Gasteiger partial charge on any atom is 0.341 e. The highest BCUT2D eigenvalue weighted by atomic mass is 16.4. The smallest absolute Gasteiger partial charge is 0.341 e. The highest BCUT2D eigenvalue weighted by molar-refractivity contribution is 5.88. The van der Waals surface area contributed by atoms with Crippen molar-refractivity contribution >= 4 is 5.97 Å². The van der Waals surface area contributed by atoms with E-state index in [-0.39, 0.29) is 5.56 Å². The van der Waals surface area contributed by atoms with Gasteiger partial charge in [0, 0.05) is 18.0 Å². The molecule has 15 heavy (non-hydrogen) atoms. The number of aromatic amines is 1. The fraction of sp³-hybridized carbons (Fsp3) is 0.455. The topological polar surface area (TPSA) is 70.2 Å². The van der Waals surface area contributed by atoms with Gasteiger partial charge >= 0.3 is 5.97 Å². The van der Waals surface area contributed by atoms with E-state index < -0.39 is 11.4 Å². The molecule has 4 nitrogen and oxygen atoms in total. The van der Waals surface area contributed by atoms with E-state index in [1.54, 1.807) is 0 Å². The fourth-order valence-corrected chi connectivity index (χ4v) is 1.51. The van der Waals surface area contributed by atoms with E-state index in [0.717, 1.165) is 19.3 Å². The zero-order valence-corrected chi connectivity index (χ0v) is 8.75. The SMILES string of the molecule is CCCCCc1[nH]ccc(=O)c1C(=O)O. The quantitative estimate of drug-likeness (QED) is 0.726. The van der Waals surface area contributed by atoms with Crippen LogP contribution >= 0.6 is 0 Å². The minimum absolute atomic E-state index is 0.117. The monoisotopic (exact) mass is 209 g/mol. The highest BCUT2D eigenvalue weighted by Crippen LogP contribution is 2.06. The molecule has 1 rings (SSSR count). The number of carboxylic acid groups (broad SMARTS) is 1. The molecule has 2 N–H and O–H groups in total. The van der Waals surface area contributed by atoms with Crippen LogP contribution < -0.4 is 5.43 Å². The van der Waals surface area contributed by atoms with Crippen LogP contribution in [-0.2, 0) is 6.42 Å². The van der Waals surface area contributed by atoms with Crippen molar-refractivity contribution in [3.63, 3.8) is 0 Å². The summed E-state index contributed by atoms with van der Waals surface area (Å²) in [5, 5.41) is 8.88. The lowest BCUT2D eigenvalue weighted by Gasteiger charge is -2.04. The number of H-pyrrole nitrogens is 1. The van der Waals surface area contributed by atoms with Crippen molar-refractivity contribution in [1.29, 1.82) is 0 Å². The number of nitrogens with one attached hydrogen (secondary N) is 1. The van der Waals surface area contributed by atoms with Gasteiger partial charge in [-0.15, -0.1) is 0 Å². The number of hydrogen-bond acceptors (Lipinski definition) is 2. The van der Waals surface area contributed by atoms with E-state index >= 15 is 0 Å². The highest BCUT2D eigenvalue weighted by Gasteiger charge is 2.13. The molecule has 4 heteroatoms. The molecule has 0 bridgehead atoms. The molecule has 82 valence electrons. The van der Waals surface area contributed by atoms with Crippen molar-refractivity contribution in [1.82, 2.24) is 4.98 Å². The summed E-state index contributed by atoms with van der Waals surface area (Å²) in [5.74, 6) is -1.15. The molecular weight excluding hydrogens is 194 g/mol. The summed E-state index contributed by atoms with van der Waals surface area (Å²) in [6.45, 7) is 2.08. The molecule has 1 aromatic rings. The first kappa shape index (κ1) is 11.5. The second-order valence-electron chi connectivity index (χ2n) is 3.46. The van der Waals surface area contributed by atoms with Gasteiger partial charge < -0.3 is 10.1 Å². The molecule has 0 radical (unpaired) electrons. The summed E-state index contributed by atoms with van der Waals surface area (Å²) in [6, 6.07) is 1.24. The minimum atomic E-state index is -1.15. The van der Waals surface area contributed by atoms with Crippen molar-refractivity contribution in [3.05, 3.63) is 33.7 Å². The lowest BCUT2D eigenvalue weighted by Crippen LogP contribution is -2.18. The molecule has 0 atom stereocenters. The predicted octanol–water partition coefficient (Wildman–Crippen LogP) is 1.81. The standard InChI is InChI=1S/C11H15NO3/c1-2-3-4-5-8-10(11(14)15)9(13)6-7-12-8/h6-7H,2-5H2,1H3,(H,12,13)(H,14,15). The molecular formula is C11H15NO3. The number of aromatic carboxylic acids is 1. The number of aryl methyl sites for hydroxylation is 1. The average Bonchev–Trinajstić information content (AvgIpc) is 2.17. The van der Waals surface area contributed by atoms with E-state index in [4.69, 9.17) is 5.11 Å². The number of rotatable bonds is 5. The van der Waals surface area contributed by atoms with Crippen LogP contribution in [0.15, 0.2) is 17.1 Å². The molecule has 0 aromatic carbocycles. The summed E-state index contributed by atoms with van der Waals surface area (Å²) in [5.41, 5.74) is -0.00944. The van der Waals surface area contributed by atoms with Gasteiger partial charge in [-0.25, -0.2) is 4.79 Å². The first-order valence-electron chi connectivity index (χ1n) is 5.10. The third kappa shape index (κ3) is 2.94. The van der Waals surface area contributed by atoms with Gasteiger partial charge in [-0.3, -0.25) is 4.79 Å². The summed E-state index contributed by atoms with van der Waals surface area (Å²) in [4.78, 5) is 25.0. The Morgan fingerprint density at radius 2 is 2.20 bits per heavy atom. The van der Waals surface area contributed by atoms with Crippen LogP contribution in [-0.4, -0.2) is 16.1 Å². The van der Waals surface area contributed by atoms with Gasteiger partial charge in [-0.05, 0) is 12.8 Å². The summed E-state index contributed by atoms with van der Waals surface area (Å²) >= 11 is 0. The molecule has 0 aliphatic carbocycles. The number of hydrogen-bond donors (Lipinski definition) is 2. The first-order valence-corrected chi connectivity index (χ1v) is 5.10. The number of aromatic nitrogens is 1. The van der Waals surface area contributed by atoms with Gasteiger partial charge in [0.05, 0.1) is 0 Å². The van der Waals surface area contributed by atoms with Gasteiger partial charge in [0.25, 0.3) is 0 Å². The van der Waals surface area contributed by atoms with E-state index in [1.165, 1.54) is 12.3 Å². The van der Waals surface area contributed by atoms with Crippen LogP contribution in [0.2, 0.25) is 0 Å². The molecule has 0 spiro atoms. The third-order valence-electron chi connectivity index (χ3n) is 2.28. The Morgan fingerprint density at radius 1 is 1.47 bits per heavy atom. The number of unbranched alkanes of at least 4 members (excludes halogenated alkanes) is 2. The Labute approximate surface area is 88.0 Å². The van der Waals surface area contributed by atoms with E-state index in [2.05, 4.69) is 11.9 Å². The van der Waals surface area contributed by atoms with Crippen LogP contribution in [0.3, 0.4) is 0 Å². The second-order valence-corrected chi connectivity index (χ2v) is 3.46. The maximum absolute atomic E-state index is 11.3. The molecule has 0 fully saturated rings. The van der Waals surface area contributed by atoms with Crippen molar-refractivity contribution in [3.8, 4) is 0 Å². The van der Waals surface area contributed by atoms with Crippen LogP contribution in [0.5, 0.6) is 0 Å². The first-order chi connectivity index (χ1) is 7.16. The molecule has 0 saturated heterocycles. The largest absolute Gasteiger partial charge is 0.477 e. The molecule has 1 heterocycles. The van der Waals surface area contributed by atoms with Crippen LogP contribution in [0.25, 0.3) is 0 Å². The zero-order chi connectivity index (χ0) is 11.3. The lowest BCUT2D eigenvalue weighted by atomic mass is 10.1. The van der Waals surface area contributed by atoms with Crippen molar-refractivity contribution in [2.75, 3.05) is 0 Å². The van der Waals surface area contributed by atoms with Gasteiger partial charge in [0.2, 0.25) is 0 Å². The van der Waals surface area contributed by atoms with Crippen LogP contribution in [0.4, 0.5) is 0 Å². The Morgan fingerprint density at radius 3 is 2.80 bits per heavy atom. The molecule has 0 saturated carbocycles. The molecule has 0 amide bonds. The second kappa shape index (κ2) is 5.34. The Hall–Kier alpha value is -1.58. The lowest BCUT2D eigenvalue weighted by molar-refractivity contribution is 0.0693. The summed E-state index contributed by atoms with van der Waals surface area (Å²) < 4.78 is 0. The van der Waals surface area contributed by atoms with Crippen LogP contribution in [0, 0.1) is 0 Å². The average molecular weight is 209 g/mol. The third-order valence-corrected chi connectivity index (χ3v) is 2.28. The number of pyridine rings is 1. The number of carboxylic acids is 1. The molecule has 0 aliphatic heterocycles. The fourth-order valence-electron chi connectivity index (χ4n) is 1.51. The molecule has 0 aliphatic rings. The van der Waals surface area contributed by atoms with Gasteiger partial charge in [0.15, 0.2) is 5.43 Å². The Kier molecular flexibility index (Phi) is 4.09. The normalized spacial score (nSPS) is 10.2. The molecule has 1 aromatic heterocycles. The van der Waals surface area contributed by atoms with Gasteiger partial charge in [-0.2, -0.15) is 0 Å². The Bertz CT molecular complexity index is 395. The maximum atomic E-state index is 11.3. The van der Waals surface area contributed by atoms with Crippen molar-refractivity contribution < 1.29 is 9.90 Å². The predicted molar refractivity (Wildman–Crippen MR) is 57.3 cm³/mol. The summed E-state index contributed by atoms with van der Waals surface area (Å²) in [7, 11) is 0. The van der Waals surface area contributed by atoms with Gasteiger partial charge in [-0.1, -0.05) is 19.8 Å². The zero-order valence-electron chi connectivity index (χ0n) is 8.75.